The minimum atomic E-state index is -3.58. The Kier molecular flexibility index (Phi) is 4.55. The first-order valence-electron chi connectivity index (χ1n) is 8.05. The number of nitrogens with zero attached hydrogens (tertiary/aromatic N) is 1. The van der Waals surface area contributed by atoms with Crippen molar-refractivity contribution in [1.82, 2.24) is 4.31 Å². The van der Waals surface area contributed by atoms with Crippen LogP contribution in [-0.2, 0) is 14.8 Å². The number of rotatable bonds is 4. The van der Waals surface area contributed by atoms with Gasteiger partial charge in [0.2, 0.25) is 15.9 Å². The van der Waals surface area contributed by atoms with Gasteiger partial charge in [0.15, 0.2) is 0 Å². The molecule has 0 aliphatic heterocycles. The summed E-state index contributed by atoms with van der Waals surface area (Å²) in [6, 6.07) is 3.78. The van der Waals surface area contributed by atoms with E-state index < -0.39 is 10.0 Å². The molecular formula is C16H23NO4S2. The summed E-state index contributed by atoms with van der Waals surface area (Å²) in [5.74, 6) is -0.306. The van der Waals surface area contributed by atoms with Gasteiger partial charge in [-0.2, -0.15) is 0 Å². The number of thiophene rings is 1. The third-order valence-electron chi connectivity index (χ3n) is 4.81. The van der Waals surface area contributed by atoms with Crippen molar-refractivity contribution in [3.05, 3.63) is 21.9 Å². The molecule has 1 amide bonds. The first-order chi connectivity index (χ1) is 10.8. The largest absolute Gasteiger partial charge is 0.393 e. The lowest BCUT2D eigenvalue weighted by Crippen LogP contribution is -2.47. The van der Waals surface area contributed by atoms with Crippen LogP contribution < -0.4 is 0 Å². The van der Waals surface area contributed by atoms with Crippen LogP contribution in [0.1, 0.15) is 47.8 Å². The van der Waals surface area contributed by atoms with Crippen molar-refractivity contribution in [2.45, 2.75) is 57.1 Å². The molecule has 23 heavy (non-hydrogen) atoms. The maximum Gasteiger partial charge on any atom is 0.240 e. The lowest BCUT2D eigenvalue weighted by atomic mass is 9.93. The summed E-state index contributed by atoms with van der Waals surface area (Å²) in [7, 11) is -3.58. The summed E-state index contributed by atoms with van der Waals surface area (Å²) in [5.41, 5.74) is 0. The number of hydrogen-bond donors (Lipinski definition) is 1. The van der Waals surface area contributed by atoms with Crippen molar-refractivity contribution in [3.63, 3.8) is 0 Å². The molecule has 1 aromatic heterocycles. The number of hydrogen-bond acceptors (Lipinski definition) is 5. The number of amides is 1. The number of sulfonamides is 1. The Labute approximate surface area is 141 Å². The summed E-state index contributed by atoms with van der Waals surface area (Å²) in [4.78, 5) is 15.2. The van der Waals surface area contributed by atoms with E-state index in [1.807, 2.05) is 19.1 Å². The third-order valence-corrected chi connectivity index (χ3v) is 7.13. The maximum atomic E-state index is 12.8. The van der Waals surface area contributed by atoms with Crippen molar-refractivity contribution >= 4 is 27.3 Å². The average Bonchev–Trinajstić information content (AvgIpc) is 3.15. The van der Waals surface area contributed by atoms with E-state index >= 15 is 0 Å². The van der Waals surface area contributed by atoms with Gasteiger partial charge >= 0.3 is 0 Å². The molecule has 5 nitrogen and oxygen atoms in total. The molecule has 1 heterocycles. The second-order valence-electron chi connectivity index (χ2n) is 6.76. The minimum absolute atomic E-state index is 0.166. The molecule has 0 aromatic carbocycles. The Morgan fingerprint density at radius 1 is 1.26 bits per heavy atom. The second-order valence-corrected chi connectivity index (χ2v) is 9.94. The summed E-state index contributed by atoms with van der Waals surface area (Å²) in [6.45, 7) is 2.03. The Bertz CT molecular complexity index is 689. The van der Waals surface area contributed by atoms with Gasteiger partial charge in [0.1, 0.15) is 0 Å². The Balaban J connectivity index is 1.75. The molecule has 0 radical (unpaired) electrons. The van der Waals surface area contributed by atoms with Crippen molar-refractivity contribution in [1.29, 1.82) is 0 Å². The molecule has 3 rings (SSSR count). The van der Waals surface area contributed by atoms with E-state index in [0.717, 1.165) is 17.0 Å². The van der Waals surface area contributed by atoms with Crippen LogP contribution in [0.4, 0.5) is 0 Å². The smallest absolute Gasteiger partial charge is 0.240 e. The zero-order chi connectivity index (χ0) is 16.8. The Hall–Kier alpha value is -0.920. The van der Waals surface area contributed by atoms with Gasteiger partial charge in [-0.25, -0.2) is 12.7 Å². The summed E-state index contributed by atoms with van der Waals surface area (Å²) < 4.78 is 25.5. The lowest BCUT2D eigenvalue weighted by Gasteiger charge is -2.34. The maximum absolute atomic E-state index is 12.8. The molecule has 2 fully saturated rings. The molecule has 2 atom stereocenters. The van der Waals surface area contributed by atoms with E-state index in [9.17, 15) is 18.3 Å². The standard InChI is InChI=1S/C16H23NO4S2/c1-10-3-8-15(22-10)13-9-14(13)16(19)17(23(2,20)21)11-4-6-12(18)7-5-11/h3,8,11-14,18H,4-7,9H2,1-2H3/t11?,12?,13-,14+/m1/s1. The molecule has 7 heteroatoms. The molecule has 0 saturated heterocycles. The van der Waals surface area contributed by atoms with Crippen LogP contribution in [0.2, 0.25) is 0 Å². The van der Waals surface area contributed by atoms with Crippen molar-refractivity contribution < 1.29 is 18.3 Å². The first-order valence-corrected chi connectivity index (χ1v) is 10.7. The van der Waals surface area contributed by atoms with Gasteiger partial charge in [0.05, 0.1) is 12.4 Å². The van der Waals surface area contributed by atoms with Gasteiger partial charge < -0.3 is 5.11 Å². The zero-order valence-electron chi connectivity index (χ0n) is 13.4. The van der Waals surface area contributed by atoms with Crippen LogP contribution in [0, 0.1) is 12.8 Å². The van der Waals surface area contributed by atoms with E-state index in [0.29, 0.717) is 25.7 Å². The normalized spacial score (nSPS) is 30.9. The van der Waals surface area contributed by atoms with E-state index in [-0.39, 0.29) is 29.9 Å². The fourth-order valence-electron chi connectivity index (χ4n) is 3.51. The van der Waals surface area contributed by atoms with Crippen LogP contribution in [-0.4, -0.2) is 42.1 Å². The van der Waals surface area contributed by atoms with E-state index in [2.05, 4.69) is 0 Å². The van der Waals surface area contributed by atoms with Crippen molar-refractivity contribution in [2.24, 2.45) is 5.92 Å². The van der Waals surface area contributed by atoms with Gasteiger partial charge in [-0.05, 0) is 51.2 Å². The average molecular weight is 357 g/mol. The molecule has 2 saturated carbocycles. The zero-order valence-corrected chi connectivity index (χ0v) is 15.1. The van der Waals surface area contributed by atoms with Gasteiger partial charge in [-0.15, -0.1) is 11.3 Å². The summed E-state index contributed by atoms with van der Waals surface area (Å²) in [5, 5.41) is 9.61. The molecule has 2 aliphatic rings. The Morgan fingerprint density at radius 3 is 2.43 bits per heavy atom. The molecule has 1 aromatic rings. The number of aliphatic hydroxyl groups is 1. The highest BCUT2D eigenvalue weighted by Gasteiger charge is 2.49. The monoisotopic (exact) mass is 357 g/mol. The second kappa shape index (κ2) is 6.18. The molecule has 0 bridgehead atoms. The SMILES string of the molecule is Cc1ccc([C@@H]2C[C@@H]2C(=O)N(C2CCC(O)CC2)S(C)(=O)=O)s1. The molecule has 0 spiro atoms. The van der Waals surface area contributed by atoms with Crippen molar-refractivity contribution in [3.8, 4) is 0 Å². The number of aliphatic hydroxyl groups excluding tert-OH is 1. The predicted molar refractivity (Wildman–Crippen MR) is 89.9 cm³/mol. The highest BCUT2D eigenvalue weighted by molar-refractivity contribution is 7.88. The van der Waals surface area contributed by atoms with E-state index in [4.69, 9.17) is 0 Å². The summed E-state index contributed by atoms with van der Waals surface area (Å²) in [6.07, 6.45) is 3.70. The van der Waals surface area contributed by atoms with Gasteiger partial charge in [0, 0.05) is 27.6 Å². The summed E-state index contributed by atoms with van der Waals surface area (Å²) >= 11 is 1.68. The highest BCUT2D eigenvalue weighted by atomic mass is 32.2. The highest BCUT2D eigenvalue weighted by Crippen LogP contribution is 2.51. The quantitative estimate of drug-likeness (QED) is 0.897. The van der Waals surface area contributed by atoms with E-state index in [1.54, 1.807) is 11.3 Å². The van der Waals surface area contributed by atoms with Gasteiger partial charge in [-0.3, -0.25) is 4.79 Å². The molecular weight excluding hydrogens is 334 g/mol. The third kappa shape index (κ3) is 3.61. The first kappa shape index (κ1) is 16.9. The van der Waals surface area contributed by atoms with Gasteiger partial charge in [0.25, 0.3) is 0 Å². The van der Waals surface area contributed by atoms with E-state index in [1.165, 1.54) is 9.75 Å². The van der Waals surface area contributed by atoms with Crippen molar-refractivity contribution in [2.75, 3.05) is 6.26 Å². The molecule has 1 N–H and O–H groups in total. The number of aryl methyl sites for hydroxylation is 1. The van der Waals surface area contributed by atoms with Crippen LogP contribution in [0.25, 0.3) is 0 Å². The fraction of sp³-hybridized carbons (Fsp3) is 0.688. The van der Waals surface area contributed by atoms with Crippen LogP contribution in [0.15, 0.2) is 12.1 Å². The number of carbonyl (C=O) groups is 1. The fourth-order valence-corrected chi connectivity index (χ4v) is 5.78. The molecule has 0 unspecified atom stereocenters. The van der Waals surface area contributed by atoms with Crippen LogP contribution in [0.3, 0.4) is 0 Å². The Morgan fingerprint density at radius 2 is 1.91 bits per heavy atom. The topological polar surface area (TPSA) is 74.7 Å². The molecule has 128 valence electrons. The van der Waals surface area contributed by atoms with Gasteiger partial charge in [-0.1, -0.05) is 0 Å². The number of carbonyl (C=O) groups excluding carboxylic acids is 1. The van der Waals surface area contributed by atoms with Crippen LogP contribution in [0.5, 0.6) is 0 Å². The minimum Gasteiger partial charge on any atom is -0.393 e. The van der Waals surface area contributed by atoms with Crippen LogP contribution >= 0.6 is 11.3 Å². The lowest BCUT2D eigenvalue weighted by molar-refractivity contribution is -0.130. The molecule has 2 aliphatic carbocycles. The predicted octanol–water partition coefficient (Wildman–Crippen LogP) is 2.25.